The lowest BCUT2D eigenvalue weighted by atomic mass is 9.97. The Kier molecular flexibility index (Phi) is 8.56. The quantitative estimate of drug-likeness (QED) is 0.676. The number of benzene rings is 1. The van der Waals surface area contributed by atoms with E-state index >= 15 is 0 Å². The maximum atomic E-state index is 5.64. The molecule has 0 bridgehead atoms. The third-order valence-corrected chi connectivity index (χ3v) is 3.77. The standard InChI is InChI=1S/C18H31NO/c1-5-7-13-17(16-11-9-8-10-12-16)19-18(15(3)4)14-20-6-2/h8-12,15,17-19H,5-7,13-14H2,1-4H3. The summed E-state index contributed by atoms with van der Waals surface area (Å²) in [6, 6.07) is 11.6. The van der Waals surface area contributed by atoms with Crippen LogP contribution in [0.2, 0.25) is 0 Å². The summed E-state index contributed by atoms with van der Waals surface area (Å²) in [4.78, 5) is 0. The SMILES string of the molecule is CCCCC(NC(COCC)C(C)C)c1ccccc1. The van der Waals surface area contributed by atoms with Crippen molar-refractivity contribution in [2.24, 2.45) is 5.92 Å². The van der Waals surface area contributed by atoms with Crippen LogP contribution in [0.1, 0.15) is 58.6 Å². The fourth-order valence-electron chi connectivity index (χ4n) is 2.38. The Morgan fingerprint density at radius 3 is 2.35 bits per heavy atom. The molecule has 2 heteroatoms. The van der Waals surface area contributed by atoms with Crippen LogP contribution in [-0.2, 0) is 4.74 Å². The van der Waals surface area contributed by atoms with Gasteiger partial charge in [0.2, 0.25) is 0 Å². The van der Waals surface area contributed by atoms with Gasteiger partial charge in [-0.15, -0.1) is 0 Å². The molecule has 0 radical (unpaired) electrons. The molecule has 1 rings (SSSR count). The molecule has 0 saturated heterocycles. The highest BCUT2D eigenvalue weighted by molar-refractivity contribution is 5.19. The lowest BCUT2D eigenvalue weighted by Gasteiger charge is -2.28. The summed E-state index contributed by atoms with van der Waals surface area (Å²) in [5, 5.41) is 3.81. The van der Waals surface area contributed by atoms with Crippen LogP contribution in [0.25, 0.3) is 0 Å². The van der Waals surface area contributed by atoms with Gasteiger partial charge in [-0.3, -0.25) is 0 Å². The molecular formula is C18H31NO. The van der Waals surface area contributed by atoms with E-state index in [9.17, 15) is 0 Å². The number of rotatable bonds is 10. The summed E-state index contributed by atoms with van der Waals surface area (Å²) in [6.45, 7) is 10.4. The molecule has 2 unspecified atom stereocenters. The van der Waals surface area contributed by atoms with Crippen molar-refractivity contribution < 1.29 is 4.74 Å². The van der Waals surface area contributed by atoms with Crippen LogP contribution >= 0.6 is 0 Å². The van der Waals surface area contributed by atoms with E-state index in [0.717, 1.165) is 13.2 Å². The minimum absolute atomic E-state index is 0.414. The summed E-state index contributed by atoms with van der Waals surface area (Å²) in [5.41, 5.74) is 1.39. The molecule has 20 heavy (non-hydrogen) atoms. The third-order valence-electron chi connectivity index (χ3n) is 3.77. The van der Waals surface area contributed by atoms with Crippen LogP contribution in [0.15, 0.2) is 30.3 Å². The van der Waals surface area contributed by atoms with Gasteiger partial charge in [0, 0.05) is 18.7 Å². The Morgan fingerprint density at radius 1 is 1.10 bits per heavy atom. The molecule has 0 aliphatic rings. The molecule has 0 spiro atoms. The third kappa shape index (κ3) is 6.06. The molecule has 0 aromatic heterocycles. The Hall–Kier alpha value is -0.860. The first-order valence-electron chi connectivity index (χ1n) is 8.07. The van der Waals surface area contributed by atoms with Gasteiger partial charge in [-0.1, -0.05) is 63.9 Å². The van der Waals surface area contributed by atoms with E-state index in [4.69, 9.17) is 4.74 Å². The van der Waals surface area contributed by atoms with Crippen molar-refractivity contribution in [3.63, 3.8) is 0 Å². The van der Waals surface area contributed by atoms with Crippen molar-refractivity contribution in [1.29, 1.82) is 0 Å². The van der Waals surface area contributed by atoms with E-state index in [1.807, 2.05) is 0 Å². The van der Waals surface area contributed by atoms with E-state index in [1.54, 1.807) is 0 Å². The average Bonchev–Trinajstić information content (AvgIpc) is 2.47. The van der Waals surface area contributed by atoms with Crippen molar-refractivity contribution in [3.8, 4) is 0 Å². The maximum Gasteiger partial charge on any atom is 0.0622 e. The zero-order valence-electron chi connectivity index (χ0n) is 13.6. The molecule has 2 nitrogen and oxygen atoms in total. The van der Waals surface area contributed by atoms with E-state index in [1.165, 1.54) is 24.8 Å². The summed E-state index contributed by atoms with van der Waals surface area (Å²) >= 11 is 0. The first-order valence-corrected chi connectivity index (χ1v) is 8.07. The largest absolute Gasteiger partial charge is 0.380 e. The maximum absolute atomic E-state index is 5.64. The predicted molar refractivity (Wildman–Crippen MR) is 87.0 cm³/mol. The molecule has 0 saturated carbocycles. The van der Waals surface area contributed by atoms with Crippen molar-refractivity contribution >= 4 is 0 Å². The Labute approximate surface area is 124 Å². The van der Waals surface area contributed by atoms with Crippen molar-refractivity contribution in [1.82, 2.24) is 5.32 Å². The van der Waals surface area contributed by atoms with Gasteiger partial charge in [-0.05, 0) is 24.8 Å². The topological polar surface area (TPSA) is 21.3 Å². The molecule has 2 atom stereocenters. The van der Waals surface area contributed by atoms with Crippen LogP contribution < -0.4 is 5.32 Å². The lowest BCUT2D eigenvalue weighted by molar-refractivity contribution is 0.102. The van der Waals surface area contributed by atoms with Crippen LogP contribution in [-0.4, -0.2) is 19.3 Å². The Morgan fingerprint density at radius 2 is 1.80 bits per heavy atom. The number of ether oxygens (including phenoxy) is 1. The van der Waals surface area contributed by atoms with Crippen LogP contribution in [0.3, 0.4) is 0 Å². The van der Waals surface area contributed by atoms with E-state index in [0.29, 0.717) is 18.0 Å². The zero-order valence-corrected chi connectivity index (χ0v) is 13.6. The van der Waals surface area contributed by atoms with Gasteiger partial charge in [0.05, 0.1) is 6.61 Å². The lowest BCUT2D eigenvalue weighted by Crippen LogP contribution is -2.40. The summed E-state index contributed by atoms with van der Waals surface area (Å²) in [7, 11) is 0. The fraction of sp³-hybridized carbons (Fsp3) is 0.667. The second kappa shape index (κ2) is 9.95. The molecule has 1 N–H and O–H groups in total. The van der Waals surface area contributed by atoms with Crippen molar-refractivity contribution in [2.45, 2.75) is 59.0 Å². The minimum Gasteiger partial charge on any atom is -0.380 e. The first kappa shape index (κ1) is 17.2. The average molecular weight is 277 g/mol. The Bertz CT molecular complexity index is 337. The molecule has 114 valence electrons. The van der Waals surface area contributed by atoms with Crippen LogP contribution in [0.5, 0.6) is 0 Å². The van der Waals surface area contributed by atoms with E-state index < -0.39 is 0 Å². The minimum atomic E-state index is 0.414. The second-order valence-electron chi connectivity index (χ2n) is 5.78. The molecule has 0 aliphatic heterocycles. The van der Waals surface area contributed by atoms with E-state index in [2.05, 4.69) is 63.3 Å². The highest BCUT2D eigenvalue weighted by Crippen LogP contribution is 2.21. The van der Waals surface area contributed by atoms with Gasteiger partial charge in [0.15, 0.2) is 0 Å². The number of hydrogen-bond donors (Lipinski definition) is 1. The fourth-order valence-corrected chi connectivity index (χ4v) is 2.38. The second-order valence-corrected chi connectivity index (χ2v) is 5.78. The van der Waals surface area contributed by atoms with Gasteiger partial charge in [-0.25, -0.2) is 0 Å². The Balaban J connectivity index is 2.71. The molecule has 0 amide bonds. The zero-order chi connectivity index (χ0) is 14.8. The molecular weight excluding hydrogens is 246 g/mol. The van der Waals surface area contributed by atoms with Gasteiger partial charge in [0.1, 0.15) is 0 Å². The molecule has 1 aromatic carbocycles. The van der Waals surface area contributed by atoms with E-state index in [-0.39, 0.29) is 0 Å². The molecule has 0 fully saturated rings. The summed E-state index contributed by atoms with van der Waals surface area (Å²) in [5.74, 6) is 0.578. The molecule has 1 aromatic rings. The van der Waals surface area contributed by atoms with Crippen LogP contribution in [0, 0.1) is 5.92 Å². The monoisotopic (exact) mass is 277 g/mol. The highest BCUT2D eigenvalue weighted by Gasteiger charge is 2.19. The number of unbranched alkanes of at least 4 members (excludes halogenated alkanes) is 1. The molecule has 0 heterocycles. The predicted octanol–water partition coefficient (Wildman–Crippen LogP) is 4.57. The number of hydrogen-bond acceptors (Lipinski definition) is 2. The highest BCUT2D eigenvalue weighted by atomic mass is 16.5. The van der Waals surface area contributed by atoms with Crippen molar-refractivity contribution in [3.05, 3.63) is 35.9 Å². The van der Waals surface area contributed by atoms with Gasteiger partial charge in [-0.2, -0.15) is 0 Å². The summed E-state index contributed by atoms with van der Waals surface area (Å²) in [6.07, 6.45) is 3.69. The van der Waals surface area contributed by atoms with Gasteiger partial charge < -0.3 is 10.1 Å². The first-order chi connectivity index (χ1) is 9.69. The molecule has 0 aliphatic carbocycles. The van der Waals surface area contributed by atoms with Gasteiger partial charge >= 0.3 is 0 Å². The smallest absolute Gasteiger partial charge is 0.0622 e. The normalized spacial score (nSPS) is 14.4. The van der Waals surface area contributed by atoms with Crippen LogP contribution in [0.4, 0.5) is 0 Å². The van der Waals surface area contributed by atoms with Gasteiger partial charge in [0.25, 0.3) is 0 Å². The summed E-state index contributed by atoms with van der Waals surface area (Å²) < 4.78 is 5.64. The number of nitrogens with one attached hydrogen (secondary N) is 1. The van der Waals surface area contributed by atoms with Crippen molar-refractivity contribution in [2.75, 3.05) is 13.2 Å².